The zero-order chi connectivity index (χ0) is 15.3. The van der Waals surface area contributed by atoms with Crippen molar-refractivity contribution in [3.63, 3.8) is 0 Å². The maximum absolute atomic E-state index is 12.0. The minimum atomic E-state index is -3.34. The first-order valence-electron chi connectivity index (χ1n) is 7.14. The number of hydrogen-bond acceptors (Lipinski definition) is 4. The molecule has 0 saturated carbocycles. The lowest BCUT2D eigenvalue weighted by molar-refractivity contribution is 0.122. The van der Waals surface area contributed by atoms with E-state index in [0.717, 1.165) is 25.2 Å². The van der Waals surface area contributed by atoms with E-state index in [2.05, 4.69) is 9.62 Å². The molecular formula is C14H21ClN2O3S. The van der Waals surface area contributed by atoms with E-state index in [1.807, 2.05) is 13.0 Å². The van der Waals surface area contributed by atoms with Crippen molar-refractivity contribution in [2.24, 2.45) is 0 Å². The highest BCUT2D eigenvalue weighted by molar-refractivity contribution is 7.92. The molecule has 1 fully saturated rings. The van der Waals surface area contributed by atoms with Gasteiger partial charge in [-0.25, -0.2) is 8.42 Å². The van der Waals surface area contributed by atoms with E-state index in [4.69, 9.17) is 16.3 Å². The standard InChI is InChI=1S/C14H21ClN2O3S/c1-2-3-10-21(18,19)16-14-11-12(4-5-13(14)15)17-6-8-20-9-7-17/h4-5,11,16H,2-3,6-10H2,1H3. The molecule has 0 unspecified atom stereocenters. The maximum atomic E-state index is 12.0. The minimum Gasteiger partial charge on any atom is -0.378 e. The first kappa shape index (κ1) is 16.4. The lowest BCUT2D eigenvalue weighted by atomic mass is 10.2. The van der Waals surface area contributed by atoms with Crippen molar-refractivity contribution in [2.75, 3.05) is 41.7 Å². The second-order valence-electron chi connectivity index (χ2n) is 5.04. The van der Waals surface area contributed by atoms with Gasteiger partial charge in [0.1, 0.15) is 0 Å². The molecule has 2 rings (SSSR count). The van der Waals surface area contributed by atoms with E-state index in [-0.39, 0.29) is 5.75 Å². The number of anilines is 2. The van der Waals surface area contributed by atoms with Crippen LogP contribution >= 0.6 is 11.6 Å². The summed E-state index contributed by atoms with van der Waals surface area (Å²) in [4.78, 5) is 2.16. The number of hydrogen-bond donors (Lipinski definition) is 1. The highest BCUT2D eigenvalue weighted by Gasteiger charge is 2.16. The number of morpholine rings is 1. The third kappa shape index (κ3) is 4.76. The summed E-state index contributed by atoms with van der Waals surface area (Å²) in [6.07, 6.45) is 1.47. The van der Waals surface area contributed by atoms with Crippen molar-refractivity contribution >= 4 is 33.0 Å². The third-order valence-electron chi connectivity index (χ3n) is 3.36. The summed E-state index contributed by atoms with van der Waals surface area (Å²) in [5.41, 5.74) is 1.40. The predicted octanol–water partition coefficient (Wildman–Crippen LogP) is 2.72. The highest BCUT2D eigenvalue weighted by Crippen LogP contribution is 2.29. The molecule has 0 atom stereocenters. The van der Waals surface area contributed by atoms with Gasteiger partial charge in [0.05, 0.1) is 29.7 Å². The van der Waals surface area contributed by atoms with Crippen molar-refractivity contribution in [3.05, 3.63) is 23.2 Å². The van der Waals surface area contributed by atoms with E-state index in [1.54, 1.807) is 12.1 Å². The summed E-state index contributed by atoms with van der Waals surface area (Å²) in [6.45, 7) is 4.91. The summed E-state index contributed by atoms with van der Waals surface area (Å²) in [6, 6.07) is 5.42. The molecule has 1 aliphatic heterocycles. The van der Waals surface area contributed by atoms with Gasteiger partial charge in [0.2, 0.25) is 10.0 Å². The van der Waals surface area contributed by atoms with Crippen LogP contribution in [0.4, 0.5) is 11.4 Å². The Bertz CT molecular complexity index is 572. The van der Waals surface area contributed by atoms with Gasteiger partial charge < -0.3 is 9.64 Å². The lowest BCUT2D eigenvalue weighted by Gasteiger charge is -2.29. The molecule has 5 nitrogen and oxygen atoms in total. The molecule has 0 aromatic heterocycles. The van der Waals surface area contributed by atoms with Crippen LogP contribution in [0.1, 0.15) is 19.8 Å². The van der Waals surface area contributed by atoms with Gasteiger partial charge in [-0.15, -0.1) is 0 Å². The van der Waals surface area contributed by atoms with Gasteiger partial charge in [0.25, 0.3) is 0 Å². The topological polar surface area (TPSA) is 58.6 Å². The van der Waals surface area contributed by atoms with Crippen LogP contribution in [-0.4, -0.2) is 40.5 Å². The average molecular weight is 333 g/mol. The molecule has 1 heterocycles. The Morgan fingerprint density at radius 2 is 2.05 bits per heavy atom. The Morgan fingerprint density at radius 1 is 1.33 bits per heavy atom. The molecule has 0 radical (unpaired) electrons. The van der Waals surface area contributed by atoms with Crippen molar-refractivity contribution in [2.45, 2.75) is 19.8 Å². The molecule has 0 aliphatic carbocycles. The first-order chi connectivity index (χ1) is 10.0. The van der Waals surface area contributed by atoms with Crippen LogP contribution in [0.25, 0.3) is 0 Å². The summed E-state index contributed by atoms with van der Waals surface area (Å²) in [5.74, 6) is 0.113. The van der Waals surface area contributed by atoms with Gasteiger partial charge in [-0.1, -0.05) is 24.9 Å². The molecule has 1 N–H and O–H groups in total. The van der Waals surface area contributed by atoms with Crippen LogP contribution in [-0.2, 0) is 14.8 Å². The van der Waals surface area contributed by atoms with Crippen LogP contribution in [0.15, 0.2) is 18.2 Å². The van der Waals surface area contributed by atoms with Gasteiger partial charge in [0.15, 0.2) is 0 Å². The maximum Gasteiger partial charge on any atom is 0.232 e. The van der Waals surface area contributed by atoms with Crippen molar-refractivity contribution in [3.8, 4) is 0 Å². The van der Waals surface area contributed by atoms with Crippen molar-refractivity contribution in [1.82, 2.24) is 0 Å². The zero-order valence-electron chi connectivity index (χ0n) is 12.1. The fourth-order valence-electron chi connectivity index (χ4n) is 2.16. The molecule has 0 amide bonds. The van der Waals surface area contributed by atoms with Gasteiger partial charge in [-0.3, -0.25) is 4.72 Å². The molecule has 1 aliphatic rings. The van der Waals surface area contributed by atoms with Crippen LogP contribution < -0.4 is 9.62 Å². The summed E-state index contributed by atoms with van der Waals surface area (Å²) >= 11 is 6.11. The number of nitrogens with zero attached hydrogens (tertiary/aromatic N) is 1. The van der Waals surface area contributed by atoms with Crippen LogP contribution in [0.5, 0.6) is 0 Å². The van der Waals surface area contributed by atoms with Gasteiger partial charge >= 0.3 is 0 Å². The Balaban J connectivity index is 2.15. The predicted molar refractivity (Wildman–Crippen MR) is 86.8 cm³/mol. The van der Waals surface area contributed by atoms with Crippen LogP contribution in [0.3, 0.4) is 0 Å². The Hall–Kier alpha value is -0.980. The van der Waals surface area contributed by atoms with Gasteiger partial charge in [-0.05, 0) is 24.6 Å². The van der Waals surface area contributed by atoms with Crippen molar-refractivity contribution < 1.29 is 13.2 Å². The van der Waals surface area contributed by atoms with Crippen molar-refractivity contribution in [1.29, 1.82) is 0 Å². The lowest BCUT2D eigenvalue weighted by Crippen LogP contribution is -2.36. The summed E-state index contributed by atoms with van der Waals surface area (Å²) < 4.78 is 31.9. The third-order valence-corrected chi connectivity index (χ3v) is 5.04. The number of benzene rings is 1. The molecular weight excluding hydrogens is 312 g/mol. The quantitative estimate of drug-likeness (QED) is 0.870. The first-order valence-corrected chi connectivity index (χ1v) is 9.17. The van der Waals surface area contributed by atoms with Crippen LogP contribution in [0, 0.1) is 0 Å². The number of rotatable bonds is 6. The second-order valence-corrected chi connectivity index (χ2v) is 7.29. The molecule has 0 spiro atoms. The molecule has 0 bridgehead atoms. The molecule has 7 heteroatoms. The smallest absolute Gasteiger partial charge is 0.232 e. The molecule has 1 saturated heterocycles. The summed E-state index contributed by atoms with van der Waals surface area (Å²) in [7, 11) is -3.34. The summed E-state index contributed by atoms with van der Waals surface area (Å²) in [5, 5.41) is 0.409. The zero-order valence-corrected chi connectivity index (χ0v) is 13.7. The minimum absolute atomic E-state index is 0.113. The number of sulfonamides is 1. The average Bonchev–Trinajstić information content (AvgIpc) is 2.48. The van der Waals surface area contributed by atoms with E-state index in [9.17, 15) is 8.42 Å². The Labute approximate surface area is 131 Å². The normalized spacial score (nSPS) is 16.0. The van der Waals surface area contributed by atoms with E-state index >= 15 is 0 Å². The number of nitrogens with one attached hydrogen (secondary N) is 1. The van der Waals surface area contributed by atoms with E-state index < -0.39 is 10.0 Å². The Kier molecular flexibility index (Phi) is 5.72. The van der Waals surface area contributed by atoms with E-state index in [0.29, 0.717) is 30.3 Å². The van der Waals surface area contributed by atoms with Gasteiger partial charge in [0, 0.05) is 18.8 Å². The number of halogens is 1. The molecule has 21 heavy (non-hydrogen) atoms. The SMILES string of the molecule is CCCCS(=O)(=O)Nc1cc(N2CCOCC2)ccc1Cl. The number of ether oxygens (including phenoxy) is 1. The highest BCUT2D eigenvalue weighted by atomic mass is 35.5. The van der Waals surface area contributed by atoms with E-state index in [1.165, 1.54) is 0 Å². The molecule has 1 aromatic rings. The Morgan fingerprint density at radius 3 is 2.71 bits per heavy atom. The molecule has 118 valence electrons. The van der Waals surface area contributed by atoms with Gasteiger partial charge in [-0.2, -0.15) is 0 Å². The molecule has 1 aromatic carbocycles. The fourth-order valence-corrected chi connectivity index (χ4v) is 3.66. The monoisotopic (exact) mass is 332 g/mol. The second kappa shape index (κ2) is 7.33. The number of unbranched alkanes of at least 4 members (excludes halogenated alkanes) is 1. The fraction of sp³-hybridized carbons (Fsp3) is 0.571. The van der Waals surface area contributed by atoms with Crippen LogP contribution in [0.2, 0.25) is 5.02 Å². The largest absolute Gasteiger partial charge is 0.378 e.